The van der Waals surface area contributed by atoms with E-state index < -0.39 is 6.29 Å². The van der Waals surface area contributed by atoms with Gasteiger partial charge in [0.2, 0.25) is 0 Å². The number of hydrogen-bond donors (Lipinski definition) is 3. The molecule has 0 atom stereocenters. The van der Waals surface area contributed by atoms with Crippen molar-refractivity contribution in [3.05, 3.63) is 52.9 Å². The second-order valence-corrected chi connectivity index (χ2v) is 7.19. The molecule has 0 amide bonds. The molecule has 1 fully saturated rings. The van der Waals surface area contributed by atoms with Crippen molar-refractivity contribution in [3.63, 3.8) is 0 Å². The number of ether oxygens (including phenoxy) is 1. The Bertz CT molecular complexity index is 678. The van der Waals surface area contributed by atoms with Gasteiger partial charge in [-0.3, -0.25) is 4.90 Å². The third-order valence-corrected chi connectivity index (χ3v) is 5.54. The predicted molar refractivity (Wildman–Crippen MR) is 103 cm³/mol. The molecule has 0 saturated heterocycles. The Morgan fingerprint density at radius 3 is 2.58 bits per heavy atom. The third-order valence-electron chi connectivity index (χ3n) is 5.54. The summed E-state index contributed by atoms with van der Waals surface area (Å²) in [7, 11) is 0. The summed E-state index contributed by atoms with van der Waals surface area (Å²) in [6.07, 6.45) is 8.45. The normalized spacial score (nSPS) is 19.8. The molecule has 26 heavy (non-hydrogen) atoms. The molecule has 0 unspecified atom stereocenters. The molecule has 5 nitrogen and oxygen atoms in total. The Labute approximate surface area is 155 Å². The number of hydrogen-bond acceptors (Lipinski definition) is 5. The minimum Gasteiger partial charge on any atom is -0.442 e. The van der Waals surface area contributed by atoms with E-state index in [1.165, 1.54) is 30.4 Å². The van der Waals surface area contributed by atoms with Crippen LogP contribution in [0.1, 0.15) is 43.7 Å². The zero-order valence-electron chi connectivity index (χ0n) is 15.5. The summed E-state index contributed by atoms with van der Waals surface area (Å²) in [5, 5.41) is 18.5. The van der Waals surface area contributed by atoms with E-state index >= 15 is 0 Å². The van der Waals surface area contributed by atoms with Crippen molar-refractivity contribution >= 4 is 0 Å². The van der Waals surface area contributed by atoms with E-state index in [4.69, 9.17) is 10.5 Å². The molecule has 4 N–H and O–H groups in total. The highest BCUT2D eigenvalue weighted by atomic mass is 16.5. The number of aliphatic hydroxyl groups excluding tert-OH is 1. The van der Waals surface area contributed by atoms with E-state index in [-0.39, 0.29) is 5.88 Å². The molecule has 0 spiro atoms. The zero-order chi connectivity index (χ0) is 18.5. The maximum absolute atomic E-state index is 9.23. The van der Waals surface area contributed by atoms with Gasteiger partial charge in [0.05, 0.1) is 0 Å². The van der Waals surface area contributed by atoms with E-state index in [0.29, 0.717) is 12.0 Å². The van der Waals surface area contributed by atoms with Gasteiger partial charge in [-0.1, -0.05) is 25.5 Å². The number of rotatable bonds is 6. The van der Waals surface area contributed by atoms with Crippen LogP contribution in [0.25, 0.3) is 0 Å². The number of allylic oxidation sites excluding steroid dienone is 2. The minimum absolute atomic E-state index is 0.237. The van der Waals surface area contributed by atoms with Crippen LogP contribution in [0.2, 0.25) is 0 Å². The molecule has 1 aromatic carbocycles. The first-order valence-corrected chi connectivity index (χ1v) is 9.63. The van der Waals surface area contributed by atoms with E-state index in [1.807, 2.05) is 13.0 Å². The highest BCUT2D eigenvalue weighted by molar-refractivity contribution is 5.37. The van der Waals surface area contributed by atoms with Crippen molar-refractivity contribution in [3.8, 4) is 5.75 Å². The van der Waals surface area contributed by atoms with Crippen LogP contribution in [0, 0.1) is 0 Å². The van der Waals surface area contributed by atoms with Crippen molar-refractivity contribution < 1.29 is 14.9 Å². The van der Waals surface area contributed by atoms with Gasteiger partial charge in [-0.2, -0.15) is 0 Å². The molecule has 1 heterocycles. The lowest BCUT2D eigenvalue weighted by Gasteiger charge is -2.36. The summed E-state index contributed by atoms with van der Waals surface area (Å²) >= 11 is 0. The second kappa shape index (κ2) is 8.71. The van der Waals surface area contributed by atoms with Crippen LogP contribution in [0.5, 0.6) is 5.75 Å². The minimum atomic E-state index is -1.46. The highest BCUT2D eigenvalue weighted by Gasteiger charge is 2.26. The summed E-state index contributed by atoms with van der Waals surface area (Å²) in [4.78, 5) is 2.63. The third kappa shape index (κ3) is 4.67. The molecule has 0 aromatic heterocycles. The summed E-state index contributed by atoms with van der Waals surface area (Å²) in [6, 6.07) is 6.99. The molecule has 0 bridgehead atoms. The van der Waals surface area contributed by atoms with Crippen LogP contribution in [-0.2, 0) is 12.8 Å². The van der Waals surface area contributed by atoms with Crippen molar-refractivity contribution in [2.75, 3.05) is 13.1 Å². The van der Waals surface area contributed by atoms with Crippen LogP contribution in [0.3, 0.4) is 0 Å². The first-order chi connectivity index (χ1) is 12.6. The second-order valence-electron chi connectivity index (χ2n) is 7.19. The van der Waals surface area contributed by atoms with Gasteiger partial charge in [-0.15, -0.1) is 0 Å². The highest BCUT2D eigenvalue weighted by Crippen LogP contribution is 2.28. The van der Waals surface area contributed by atoms with E-state index in [1.54, 1.807) is 12.2 Å². The van der Waals surface area contributed by atoms with Crippen LogP contribution < -0.4 is 10.5 Å². The maximum Gasteiger partial charge on any atom is 0.190 e. The number of fused-ring (bicyclic) bond motifs is 1. The largest absolute Gasteiger partial charge is 0.442 e. The summed E-state index contributed by atoms with van der Waals surface area (Å²) in [6.45, 7) is 4.12. The van der Waals surface area contributed by atoms with Crippen LogP contribution in [0.4, 0.5) is 0 Å². The van der Waals surface area contributed by atoms with Crippen molar-refractivity contribution in [1.29, 1.82) is 0 Å². The number of nitrogens with zero attached hydrogens (tertiary/aromatic N) is 1. The molecule has 2 aliphatic rings. The molecule has 1 saturated carbocycles. The van der Waals surface area contributed by atoms with Gasteiger partial charge in [0.25, 0.3) is 0 Å². The molecule has 5 heteroatoms. The fourth-order valence-corrected chi connectivity index (χ4v) is 3.65. The Hall–Kier alpha value is -1.82. The van der Waals surface area contributed by atoms with Gasteiger partial charge < -0.3 is 20.7 Å². The Balaban J connectivity index is 1.65. The summed E-state index contributed by atoms with van der Waals surface area (Å²) < 4.78 is 5.72. The van der Waals surface area contributed by atoms with Crippen LogP contribution in [-0.4, -0.2) is 40.5 Å². The number of benzene rings is 1. The van der Waals surface area contributed by atoms with E-state index in [0.717, 1.165) is 37.7 Å². The lowest BCUT2D eigenvalue weighted by Crippen LogP contribution is -2.41. The van der Waals surface area contributed by atoms with Crippen LogP contribution in [0.15, 0.2) is 41.8 Å². The lowest BCUT2D eigenvalue weighted by atomic mass is 9.91. The van der Waals surface area contributed by atoms with Crippen LogP contribution >= 0.6 is 0 Å². The van der Waals surface area contributed by atoms with Gasteiger partial charge in [0.1, 0.15) is 5.75 Å². The molecule has 1 aromatic rings. The quantitative estimate of drug-likeness (QED) is 0.414. The topological polar surface area (TPSA) is 79.0 Å². The van der Waals surface area contributed by atoms with Gasteiger partial charge in [0, 0.05) is 19.1 Å². The summed E-state index contributed by atoms with van der Waals surface area (Å²) in [5.74, 6) is 0.965. The standard InChI is InChI=1S/C21H30N2O3/c1-2-15(21(24)25)7-9-20(22)26-19-8-6-16-10-12-23(18-4-3-5-18)13-11-17(16)14-19/h6-9,14,18,21,24-25H,2-5,10-13,22H2,1H3/b15-7+,20-9+. The first-order valence-electron chi connectivity index (χ1n) is 9.63. The predicted octanol–water partition coefficient (Wildman–Crippen LogP) is 2.47. The van der Waals surface area contributed by atoms with E-state index in [2.05, 4.69) is 17.0 Å². The fourth-order valence-electron chi connectivity index (χ4n) is 3.65. The monoisotopic (exact) mass is 358 g/mol. The molecular formula is C21H30N2O3. The molecule has 1 aliphatic carbocycles. The fraction of sp³-hybridized carbons (Fsp3) is 0.524. The number of aliphatic hydroxyl groups is 2. The van der Waals surface area contributed by atoms with Crippen molar-refractivity contribution in [1.82, 2.24) is 4.90 Å². The van der Waals surface area contributed by atoms with Gasteiger partial charge in [0.15, 0.2) is 12.2 Å². The SMILES string of the molecule is CC/C(=C\C=C(/N)Oc1ccc2c(c1)CCN(C1CCC1)CC2)C(O)O. The summed E-state index contributed by atoms with van der Waals surface area (Å²) in [5.41, 5.74) is 9.16. The van der Waals surface area contributed by atoms with Gasteiger partial charge in [-0.05, 0) is 67.0 Å². The molecule has 142 valence electrons. The zero-order valence-corrected chi connectivity index (χ0v) is 15.5. The van der Waals surface area contributed by atoms with Crippen molar-refractivity contribution in [2.45, 2.75) is 57.8 Å². The van der Waals surface area contributed by atoms with Crippen molar-refractivity contribution in [2.24, 2.45) is 5.73 Å². The number of nitrogens with two attached hydrogens (primary N) is 1. The maximum atomic E-state index is 9.23. The first kappa shape index (κ1) is 19.0. The Morgan fingerprint density at radius 2 is 1.96 bits per heavy atom. The van der Waals surface area contributed by atoms with E-state index in [9.17, 15) is 10.2 Å². The Kier molecular flexibility index (Phi) is 6.35. The average molecular weight is 358 g/mol. The molecule has 1 aliphatic heterocycles. The molecular weight excluding hydrogens is 328 g/mol. The molecule has 0 radical (unpaired) electrons. The van der Waals surface area contributed by atoms with Gasteiger partial charge in [-0.25, -0.2) is 0 Å². The average Bonchev–Trinajstić information content (AvgIpc) is 2.76. The lowest BCUT2D eigenvalue weighted by molar-refractivity contribution is -0.00973. The molecule has 3 rings (SSSR count). The smallest absolute Gasteiger partial charge is 0.190 e. The Morgan fingerprint density at radius 1 is 1.23 bits per heavy atom. The van der Waals surface area contributed by atoms with Gasteiger partial charge >= 0.3 is 0 Å².